The molecule has 0 aliphatic carbocycles. The minimum absolute atomic E-state index is 0.103. The molecule has 0 fully saturated rings. The van der Waals surface area contributed by atoms with E-state index >= 15 is 0 Å². The summed E-state index contributed by atoms with van der Waals surface area (Å²) in [6, 6.07) is 1.80. The smallest absolute Gasteiger partial charge is 0.307 e. The number of aromatic nitrogens is 2. The van der Waals surface area contributed by atoms with Crippen LogP contribution in [0.3, 0.4) is 0 Å². The van der Waals surface area contributed by atoms with Gasteiger partial charge in [0.15, 0.2) is 0 Å². The van der Waals surface area contributed by atoms with E-state index in [1.165, 1.54) is 22.2 Å². The van der Waals surface area contributed by atoms with Crippen LogP contribution in [0.15, 0.2) is 22.6 Å². The van der Waals surface area contributed by atoms with Crippen LogP contribution < -0.4 is 5.56 Å². The molecule has 2 heterocycles. The number of thiophene rings is 1. The summed E-state index contributed by atoms with van der Waals surface area (Å²) >= 11 is 1.36. The van der Waals surface area contributed by atoms with E-state index in [-0.39, 0.29) is 17.9 Å². The monoisotopic (exact) mass is 252 g/mol. The van der Waals surface area contributed by atoms with Gasteiger partial charge in [0.25, 0.3) is 5.56 Å². The average molecular weight is 252 g/mol. The van der Waals surface area contributed by atoms with Crippen LogP contribution in [0.2, 0.25) is 0 Å². The highest BCUT2D eigenvalue weighted by Gasteiger charge is 2.07. The van der Waals surface area contributed by atoms with Gasteiger partial charge in [-0.1, -0.05) is 0 Å². The molecular formula is C11H12N2O3S. The van der Waals surface area contributed by atoms with Gasteiger partial charge in [0.2, 0.25) is 0 Å². The van der Waals surface area contributed by atoms with Gasteiger partial charge in [0.1, 0.15) is 4.70 Å². The van der Waals surface area contributed by atoms with Crippen LogP contribution in [-0.2, 0) is 16.1 Å². The lowest BCUT2D eigenvalue weighted by Crippen LogP contribution is -2.21. The van der Waals surface area contributed by atoms with Crippen LogP contribution in [0.25, 0.3) is 10.2 Å². The van der Waals surface area contributed by atoms with Crippen molar-refractivity contribution >= 4 is 27.5 Å². The Bertz CT molecular complexity index is 588. The molecule has 0 saturated heterocycles. The lowest BCUT2D eigenvalue weighted by molar-refractivity contribution is -0.143. The summed E-state index contributed by atoms with van der Waals surface area (Å²) in [5.74, 6) is -0.300. The van der Waals surface area contributed by atoms with Crippen molar-refractivity contribution in [2.24, 2.45) is 0 Å². The second kappa shape index (κ2) is 5.09. The maximum absolute atomic E-state index is 11.9. The van der Waals surface area contributed by atoms with Crippen LogP contribution in [0.4, 0.5) is 0 Å². The molecule has 2 aromatic heterocycles. The van der Waals surface area contributed by atoms with E-state index < -0.39 is 0 Å². The summed E-state index contributed by atoms with van der Waals surface area (Å²) in [6.07, 6.45) is 1.66. The summed E-state index contributed by atoms with van der Waals surface area (Å²) in [7, 11) is 0. The summed E-state index contributed by atoms with van der Waals surface area (Å²) in [5, 5.41) is 1.83. The van der Waals surface area contributed by atoms with E-state index in [0.717, 1.165) is 0 Å². The molecule has 0 bridgehead atoms. The molecule has 0 radical (unpaired) electrons. The average Bonchev–Trinajstić information content (AvgIpc) is 2.77. The van der Waals surface area contributed by atoms with Crippen molar-refractivity contribution in [3.63, 3.8) is 0 Å². The molecule has 90 valence electrons. The first-order valence-corrected chi connectivity index (χ1v) is 6.18. The van der Waals surface area contributed by atoms with Crippen LogP contribution in [0.5, 0.6) is 0 Å². The number of carbonyl (C=O) groups is 1. The van der Waals surface area contributed by atoms with Gasteiger partial charge in [0.05, 0.1) is 24.9 Å². The quantitative estimate of drug-likeness (QED) is 0.772. The Morgan fingerprint density at radius 3 is 3.18 bits per heavy atom. The fourth-order valence-electron chi connectivity index (χ4n) is 1.48. The lowest BCUT2D eigenvalue weighted by atomic mass is 10.4. The van der Waals surface area contributed by atoms with E-state index in [1.54, 1.807) is 13.0 Å². The van der Waals surface area contributed by atoms with Crippen LogP contribution in [0.1, 0.15) is 13.3 Å². The second-order valence-electron chi connectivity index (χ2n) is 3.43. The van der Waals surface area contributed by atoms with Crippen LogP contribution >= 0.6 is 11.3 Å². The molecule has 0 amide bonds. The number of ether oxygens (including phenoxy) is 1. The third-order valence-electron chi connectivity index (χ3n) is 2.30. The number of nitrogens with zero attached hydrogens (tertiary/aromatic N) is 2. The van der Waals surface area contributed by atoms with Gasteiger partial charge in [0, 0.05) is 6.54 Å². The molecule has 0 saturated carbocycles. The summed E-state index contributed by atoms with van der Waals surface area (Å²) in [5.41, 5.74) is 0.599. The number of aryl methyl sites for hydroxylation is 1. The van der Waals surface area contributed by atoms with Crippen molar-refractivity contribution in [2.75, 3.05) is 6.61 Å². The van der Waals surface area contributed by atoms with E-state index in [9.17, 15) is 9.59 Å². The maximum atomic E-state index is 11.9. The number of esters is 1. The molecular weight excluding hydrogens is 240 g/mol. The van der Waals surface area contributed by atoms with Crippen molar-refractivity contribution in [3.8, 4) is 0 Å². The zero-order valence-electron chi connectivity index (χ0n) is 9.38. The zero-order chi connectivity index (χ0) is 12.3. The Labute approximate surface area is 102 Å². The molecule has 0 aliphatic rings. The first-order chi connectivity index (χ1) is 8.22. The number of carbonyl (C=O) groups excluding carboxylic acids is 1. The van der Waals surface area contributed by atoms with Gasteiger partial charge in [-0.3, -0.25) is 14.2 Å². The maximum Gasteiger partial charge on any atom is 0.307 e. The van der Waals surface area contributed by atoms with Crippen molar-refractivity contribution in [1.82, 2.24) is 9.55 Å². The Kier molecular flexibility index (Phi) is 3.53. The second-order valence-corrected chi connectivity index (χ2v) is 4.35. The first kappa shape index (κ1) is 11.8. The lowest BCUT2D eigenvalue weighted by Gasteiger charge is -2.04. The minimum atomic E-state index is -0.300. The first-order valence-electron chi connectivity index (χ1n) is 5.30. The highest BCUT2D eigenvalue weighted by molar-refractivity contribution is 7.17. The van der Waals surface area contributed by atoms with Gasteiger partial charge in [-0.05, 0) is 18.4 Å². The molecule has 0 aromatic carbocycles. The molecule has 0 unspecified atom stereocenters. The summed E-state index contributed by atoms with van der Waals surface area (Å²) < 4.78 is 6.87. The van der Waals surface area contributed by atoms with Gasteiger partial charge in [-0.15, -0.1) is 11.3 Å². The van der Waals surface area contributed by atoms with E-state index in [0.29, 0.717) is 23.4 Å². The number of fused-ring (bicyclic) bond motifs is 1. The van der Waals surface area contributed by atoms with Gasteiger partial charge in [-0.2, -0.15) is 0 Å². The third-order valence-corrected chi connectivity index (χ3v) is 3.19. The van der Waals surface area contributed by atoms with Crippen molar-refractivity contribution in [2.45, 2.75) is 19.9 Å². The molecule has 0 aliphatic heterocycles. The molecule has 17 heavy (non-hydrogen) atoms. The third kappa shape index (κ3) is 2.52. The van der Waals surface area contributed by atoms with Crippen molar-refractivity contribution < 1.29 is 9.53 Å². The zero-order valence-corrected chi connectivity index (χ0v) is 10.2. The summed E-state index contributed by atoms with van der Waals surface area (Å²) in [4.78, 5) is 27.3. The fourth-order valence-corrected chi connectivity index (χ4v) is 2.28. The fraction of sp³-hybridized carbons (Fsp3) is 0.364. The Balaban J connectivity index is 2.16. The minimum Gasteiger partial charge on any atom is -0.466 e. The molecule has 0 spiro atoms. The topological polar surface area (TPSA) is 61.2 Å². The van der Waals surface area contributed by atoms with E-state index in [1.807, 2.05) is 5.38 Å². The predicted octanol–water partition coefficient (Wildman–Crippen LogP) is 1.41. The largest absolute Gasteiger partial charge is 0.466 e. The van der Waals surface area contributed by atoms with Crippen LogP contribution in [-0.4, -0.2) is 22.1 Å². The molecule has 6 heteroatoms. The number of hydrogen-bond donors (Lipinski definition) is 0. The molecule has 0 atom stereocenters. The Morgan fingerprint density at radius 2 is 2.41 bits per heavy atom. The highest BCUT2D eigenvalue weighted by atomic mass is 32.1. The summed E-state index contributed by atoms with van der Waals surface area (Å²) in [6.45, 7) is 2.41. The van der Waals surface area contributed by atoms with Gasteiger partial charge in [-0.25, -0.2) is 4.98 Å². The van der Waals surface area contributed by atoms with E-state index in [4.69, 9.17) is 4.74 Å². The highest BCUT2D eigenvalue weighted by Crippen LogP contribution is 2.13. The van der Waals surface area contributed by atoms with Gasteiger partial charge < -0.3 is 4.74 Å². The predicted molar refractivity (Wildman–Crippen MR) is 65.1 cm³/mol. The Hall–Kier alpha value is -1.69. The normalized spacial score (nSPS) is 10.6. The van der Waals surface area contributed by atoms with Crippen molar-refractivity contribution in [3.05, 3.63) is 28.1 Å². The number of hydrogen-bond acceptors (Lipinski definition) is 5. The molecule has 0 N–H and O–H groups in total. The number of rotatable bonds is 4. The molecule has 2 aromatic rings. The van der Waals surface area contributed by atoms with Crippen LogP contribution in [0, 0.1) is 0 Å². The molecule has 5 nitrogen and oxygen atoms in total. The van der Waals surface area contributed by atoms with E-state index in [2.05, 4.69) is 4.98 Å². The van der Waals surface area contributed by atoms with Crippen molar-refractivity contribution in [1.29, 1.82) is 0 Å². The Morgan fingerprint density at radius 1 is 1.59 bits per heavy atom. The standard InChI is InChI=1S/C11H12N2O3S/c1-2-16-9(14)3-5-13-7-12-8-4-6-17-10(8)11(13)15/h4,6-7H,2-3,5H2,1H3. The van der Waals surface area contributed by atoms with Gasteiger partial charge >= 0.3 is 5.97 Å². The molecule has 2 rings (SSSR count). The SMILES string of the molecule is CCOC(=O)CCn1cnc2ccsc2c1=O.